The first-order chi connectivity index (χ1) is 8.45. The predicted molar refractivity (Wildman–Crippen MR) is 77.4 cm³/mol. The van der Waals surface area contributed by atoms with Crippen molar-refractivity contribution in [3.8, 4) is 5.75 Å². The summed E-state index contributed by atoms with van der Waals surface area (Å²) in [4.78, 5) is 12.4. The van der Waals surface area contributed by atoms with E-state index in [0.29, 0.717) is 24.4 Å². The van der Waals surface area contributed by atoms with Crippen molar-refractivity contribution in [2.45, 2.75) is 33.6 Å². The van der Waals surface area contributed by atoms with Crippen LogP contribution in [0.15, 0.2) is 12.1 Å². The zero-order valence-corrected chi connectivity index (χ0v) is 11.9. The number of ether oxygens (including phenoxy) is 1. The van der Waals surface area contributed by atoms with E-state index in [1.54, 1.807) is 0 Å². The van der Waals surface area contributed by atoms with Crippen molar-refractivity contribution in [3.63, 3.8) is 0 Å². The van der Waals surface area contributed by atoms with Crippen LogP contribution in [0.25, 0.3) is 0 Å². The van der Waals surface area contributed by atoms with Gasteiger partial charge in [0.25, 0.3) is 0 Å². The van der Waals surface area contributed by atoms with Gasteiger partial charge in [-0.1, -0.05) is 12.2 Å². The van der Waals surface area contributed by atoms with Gasteiger partial charge in [-0.15, -0.1) is 0 Å². The van der Waals surface area contributed by atoms with E-state index in [9.17, 15) is 4.79 Å². The van der Waals surface area contributed by atoms with Crippen LogP contribution in [0.2, 0.25) is 0 Å². The molecule has 0 saturated heterocycles. The molecule has 1 rings (SSSR count). The van der Waals surface area contributed by atoms with Gasteiger partial charge in [0.05, 0.1) is 11.6 Å². The molecule has 0 aliphatic carbocycles. The van der Waals surface area contributed by atoms with Crippen molar-refractivity contribution in [1.29, 1.82) is 0 Å². The van der Waals surface area contributed by atoms with Gasteiger partial charge in [0.1, 0.15) is 5.75 Å². The van der Waals surface area contributed by atoms with Gasteiger partial charge in [-0.25, -0.2) is 0 Å². The van der Waals surface area contributed by atoms with Gasteiger partial charge in [0, 0.05) is 18.4 Å². The second kappa shape index (κ2) is 6.50. The number of rotatable bonds is 6. The highest BCUT2D eigenvalue weighted by Gasteiger charge is 2.12. The van der Waals surface area contributed by atoms with Gasteiger partial charge in [-0.2, -0.15) is 0 Å². The fourth-order valence-corrected chi connectivity index (χ4v) is 1.87. The molecule has 0 heterocycles. The average molecular weight is 265 g/mol. The molecular formula is C14H19NO2S. The third kappa shape index (κ3) is 3.81. The Kier molecular flexibility index (Phi) is 5.28. The molecule has 18 heavy (non-hydrogen) atoms. The summed E-state index contributed by atoms with van der Waals surface area (Å²) in [5.41, 5.74) is 8.04. The van der Waals surface area contributed by atoms with Gasteiger partial charge in [-0.05, 0) is 44.0 Å². The van der Waals surface area contributed by atoms with Crippen LogP contribution in [0.3, 0.4) is 0 Å². The summed E-state index contributed by atoms with van der Waals surface area (Å²) in [6, 6.07) is 3.79. The number of Topliss-reactive ketones (excluding diaryl/α,β-unsaturated/α-hetero) is 1. The quantitative estimate of drug-likeness (QED) is 0.634. The van der Waals surface area contributed by atoms with E-state index >= 15 is 0 Å². The van der Waals surface area contributed by atoms with Gasteiger partial charge < -0.3 is 10.5 Å². The third-order valence-electron chi connectivity index (χ3n) is 2.72. The van der Waals surface area contributed by atoms with E-state index in [1.807, 2.05) is 32.9 Å². The minimum Gasteiger partial charge on any atom is -0.494 e. The first-order valence-electron chi connectivity index (χ1n) is 6.01. The van der Waals surface area contributed by atoms with E-state index in [1.165, 1.54) is 0 Å². The standard InChI is InChI=1S/C14H19NO2S/c1-4-17-13-8-9(2)11(7-10(13)3)12(16)5-6-14(15)18/h7-8H,4-6H2,1-3H3,(H2,15,18). The maximum Gasteiger partial charge on any atom is 0.163 e. The number of carbonyl (C=O) groups excluding carboxylic acids is 1. The Morgan fingerprint density at radius 1 is 1.28 bits per heavy atom. The largest absolute Gasteiger partial charge is 0.494 e. The zero-order chi connectivity index (χ0) is 13.7. The van der Waals surface area contributed by atoms with E-state index in [2.05, 4.69) is 0 Å². The van der Waals surface area contributed by atoms with E-state index in [0.717, 1.165) is 22.4 Å². The molecule has 0 fully saturated rings. The highest BCUT2D eigenvalue weighted by molar-refractivity contribution is 7.80. The van der Waals surface area contributed by atoms with Gasteiger partial charge in [0.15, 0.2) is 5.78 Å². The lowest BCUT2D eigenvalue weighted by molar-refractivity contribution is 0.0984. The van der Waals surface area contributed by atoms with Gasteiger partial charge >= 0.3 is 0 Å². The number of carbonyl (C=O) groups is 1. The molecule has 0 unspecified atom stereocenters. The maximum atomic E-state index is 12.0. The Bertz CT molecular complexity index is 469. The molecule has 0 saturated carbocycles. The topological polar surface area (TPSA) is 52.3 Å². The number of aryl methyl sites for hydroxylation is 2. The summed E-state index contributed by atoms with van der Waals surface area (Å²) in [6.45, 7) is 6.41. The minimum atomic E-state index is 0.0754. The molecule has 0 radical (unpaired) electrons. The van der Waals surface area contributed by atoms with Crippen molar-refractivity contribution >= 4 is 23.0 Å². The van der Waals surface area contributed by atoms with Crippen LogP contribution < -0.4 is 10.5 Å². The maximum absolute atomic E-state index is 12.0. The van der Waals surface area contributed by atoms with Crippen LogP contribution >= 0.6 is 12.2 Å². The highest BCUT2D eigenvalue weighted by Crippen LogP contribution is 2.24. The average Bonchev–Trinajstić information content (AvgIpc) is 2.30. The van der Waals surface area contributed by atoms with Crippen molar-refractivity contribution in [2.75, 3.05) is 6.61 Å². The molecule has 0 aliphatic heterocycles. The summed E-state index contributed by atoms with van der Waals surface area (Å²) in [5.74, 6) is 0.910. The van der Waals surface area contributed by atoms with Crippen molar-refractivity contribution in [3.05, 3.63) is 28.8 Å². The van der Waals surface area contributed by atoms with Crippen molar-refractivity contribution < 1.29 is 9.53 Å². The lowest BCUT2D eigenvalue weighted by atomic mass is 9.98. The third-order valence-corrected chi connectivity index (χ3v) is 2.92. The monoisotopic (exact) mass is 265 g/mol. The molecule has 1 aromatic carbocycles. The van der Waals surface area contributed by atoms with Crippen LogP contribution in [0, 0.1) is 13.8 Å². The summed E-state index contributed by atoms with van der Waals surface area (Å²) >= 11 is 4.78. The second-order valence-electron chi connectivity index (χ2n) is 4.26. The summed E-state index contributed by atoms with van der Waals surface area (Å²) in [5, 5.41) is 0. The van der Waals surface area contributed by atoms with Crippen LogP contribution in [-0.4, -0.2) is 17.4 Å². The fraction of sp³-hybridized carbons (Fsp3) is 0.429. The van der Waals surface area contributed by atoms with Crippen molar-refractivity contribution in [1.82, 2.24) is 0 Å². The molecule has 0 aliphatic rings. The molecule has 0 atom stereocenters. The second-order valence-corrected chi connectivity index (χ2v) is 4.78. The molecule has 0 bridgehead atoms. The molecule has 0 spiro atoms. The summed E-state index contributed by atoms with van der Waals surface area (Å²) < 4.78 is 5.50. The molecule has 1 aromatic rings. The number of benzene rings is 1. The van der Waals surface area contributed by atoms with Crippen LogP contribution in [-0.2, 0) is 0 Å². The predicted octanol–water partition coefficient (Wildman–Crippen LogP) is 2.95. The number of ketones is 1. The van der Waals surface area contributed by atoms with Crippen LogP contribution in [0.4, 0.5) is 0 Å². The Labute approximate surface area is 113 Å². The Balaban J connectivity index is 2.93. The molecule has 98 valence electrons. The van der Waals surface area contributed by atoms with Gasteiger partial charge in [0.2, 0.25) is 0 Å². The van der Waals surface area contributed by atoms with E-state index < -0.39 is 0 Å². The first kappa shape index (κ1) is 14.6. The first-order valence-corrected chi connectivity index (χ1v) is 6.42. The molecule has 3 nitrogen and oxygen atoms in total. The smallest absolute Gasteiger partial charge is 0.163 e. The molecule has 4 heteroatoms. The lowest BCUT2D eigenvalue weighted by Crippen LogP contribution is -2.11. The molecule has 0 aromatic heterocycles. The zero-order valence-electron chi connectivity index (χ0n) is 11.1. The number of nitrogens with two attached hydrogens (primary N) is 1. The Hall–Kier alpha value is -1.42. The summed E-state index contributed by atoms with van der Waals surface area (Å²) in [6.07, 6.45) is 0.823. The van der Waals surface area contributed by atoms with Crippen LogP contribution in [0.1, 0.15) is 41.3 Å². The van der Waals surface area contributed by atoms with E-state index in [-0.39, 0.29) is 5.78 Å². The highest BCUT2D eigenvalue weighted by atomic mass is 32.1. The molecule has 0 amide bonds. The molecule has 2 N–H and O–H groups in total. The van der Waals surface area contributed by atoms with Crippen molar-refractivity contribution in [2.24, 2.45) is 5.73 Å². The lowest BCUT2D eigenvalue weighted by Gasteiger charge is -2.11. The number of hydrogen-bond donors (Lipinski definition) is 1. The van der Waals surface area contributed by atoms with Crippen LogP contribution in [0.5, 0.6) is 5.75 Å². The molecular weight excluding hydrogens is 246 g/mol. The fourth-order valence-electron chi connectivity index (χ4n) is 1.77. The summed E-state index contributed by atoms with van der Waals surface area (Å²) in [7, 11) is 0. The number of thiocarbonyl (C=S) groups is 1. The van der Waals surface area contributed by atoms with Gasteiger partial charge in [-0.3, -0.25) is 4.79 Å². The minimum absolute atomic E-state index is 0.0754. The number of hydrogen-bond acceptors (Lipinski definition) is 3. The Morgan fingerprint density at radius 3 is 2.50 bits per heavy atom. The Morgan fingerprint density at radius 2 is 1.94 bits per heavy atom. The van der Waals surface area contributed by atoms with E-state index in [4.69, 9.17) is 22.7 Å². The SMILES string of the molecule is CCOc1cc(C)c(C(=O)CCC(N)=S)cc1C. The normalized spacial score (nSPS) is 10.2.